The van der Waals surface area contributed by atoms with Crippen LogP contribution in [0.2, 0.25) is 0 Å². The third-order valence-electron chi connectivity index (χ3n) is 7.15. The summed E-state index contributed by atoms with van der Waals surface area (Å²) in [5.74, 6) is -0.224. The van der Waals surface area contributed by atoms with Crippen molar-refractivity contribution in [1.29, 1.82) is 0 Å². The van der Waals surface area contributed by atoms with E-state index in [9.17, 15) is 14.4 Å². The van der Waals surface area contributed by atoms with Gasteiger partial charge in [0.05, 0.1) is 17.6 Å². The van der Waals surface area contributed by atoms with Gasteiger partial charge in [-0.1, -0.05) is 61.0 Å². The maximum Gasteiger partial charge on any atom is 0.272 e. The Morgan fingerprint density at radius 3 is 2.35 bits per heavy atom. The van der Waals surface area contributed by atoms with Crippen molar-refractivity contribution in [3.63, 3.8) is 0 Å². The number of hydrogen-bond acceptors (Lipinski definition) is 7. The van der Waals surface area contributed by atoms with Crippen LogP contribution < -0.4 is 20.7 Å². The Morgan fingerprint density at radius 1 is 0.896 bits per heavy atom. The molecule has 1 aromatic heterocycles. The number of nitrogens with one attached hydrogen (secondary N) is 3. The highest BCUT2D eigenvalue weighted by Crippen LogP contribution is 2.31. The maximum atomic E-state index is 13.5. The lowest BCUT2D eigenvalue weighted by Gasteiger charge is -2.15. The van der Waals surface area contributed by atoms with Crippen LogP contribution in [-0.2, 0) is 9.59 Å². The molecule has 0 bridgehead atoms. The highest BCUT2D eigenvalue weighted by molar-refractivity contribution is 8.00. The Bertz CT molecular complexity index is 1890. The van der Waals surface area contributed by atoms with Gasteiger partial charge in [-0.3, -0.25) is 14.4 Å². The van der Waals surface area contributed by atoms with E-state index in [1.54, 1.807) is 36.4 Å². The zero-order valence-corrected chi connectivity index (χ0v) is 28.5. The predicted octanol–water partition coefficient (Wildman–Crippen LogP) is 8.44. The number of nitrogens with zero attached hydrogens (tertiary/aromatic N) is 1. The van der Waals surface area contributed by atoms with Crippen LogP contribution in [0.25, 0.3) is 17.3 Å². The van der Waals surface area contributed by atoms with Crippen molar-refractivity contribution in [1.82, 2.24) is 10.3 Å². The molecule has 48 heavy (non-hydrogen) atoms. The van der Waals surface area contributed by atoms with Gasteiger partial charge in [-0.05, 0) is 86.5 Å². The van der Waals surface area contributed by atoms with E-state index in [1.165, 1.54) is 23.1 Å². The summed E-state index contributed by atoms with van der Waals surface area (Å²) in [6.45, 7) is 6.48. The number of aryl methyl sites for hydroxylation is 1. The van der Waals surface area contributed by atoms with Crippen molar-refractivity contribution in [2.75, 3.05) is 17.2 Å². The molecule has 244 valence electrons. The topological polar surface area (TPSA) is 109 Å². The number of hydrogen-bond donors (Lipinski definition) is 3. The summed E-state index contributed by atoms with van der Waals surface area (Å²) in [6.07, 6.45) is 2.23. The first-order valence-electron chi connectivity index (χ1n) is 15.5. The number of amides is 3. The van der Waals surface area contributed by atoms with Crippen molar-refractivity contribution in [3.8, 4) is 17.0 Å². The van der Waals surface area contributed by atoms with E-state index < -0.39 is 17.1 Å². The Balaban J connectivity index is 1.25. The van der Waals surface area contributed by atoms with Crippen molar-refractivity contribution < 1.29 is 19.1 Å². The van der Waals surface area contributed by atoms with Gasteiger partial charge in [-0.25, -0.2) is 4.98 Å². The summed E-state index contributed by atoms with van der Waals surface area (Å²) in [5, 5.41) is 10.7. The molecule has 0 aliphatic carbocycles. The van der Waals surface area contributed by atoms with E-state index in [0.29, 0.717) is 29.4 Å². The van der Waals surface area contributed by atoms with Crippen LogP contribution >= 0.6 is 23.1 Å². The van der Waals surface area contributed by atoms with E-state index in [-0.39, 0.29) is 11.6 Å². The van der Waals surface area contributed by atoms with Gasteiger partial charge in [-0.2, -0.15) is 0 Å². The Hall–Kier alpha value is -5.19. The molecule has 3 N–H and O–H groups in total. The summed E-state index contributed by atoms with van der Waals surface area (Å²) in [7, 11) is 0. The van der Waals surface area contributed by atoms with Gasteiger partial charge in [-0.15, -0.1) is 23.1 Å². The van der Waals surface area contributed by atoms with Crippen molar-refractivity contribution in [3.05, 3.63) is 131 Å². The summed E-state index contributed by atoms with van der Waals surface area (Å²) in [4.78, 5) is 45.2. The number of rotatable bonds is 13. The average molecular weight is 677 g/mol. The van der Waals surface area contributed by atoms with Gasteiger partial charge in [0, 0.05) is 27.1 Å². The Kier molecular flexibility index (Phi) is 11.8. The van der Waals surface area contributed by atoms with Crippen molar-refractivity contribution in [2.45, 2.75) is 37.3 Å². The molecular formula is C38H36N4O4S2. The first-order chi connectivity index (χ1) is 23.3. The van der Waals surface area contributed by atoms with Gasteiger partial charge in [0.1, 0.15) is 11.4 Å². The van der Waals surface area contributed by atoms with Crippen LogP contribution in [-0.4, -0.2) is 34.6 Å². The van der Waals surface area contributed by atoms with E-state index in [2.05, 4.69) is 20.9 Å². The second-order valence-corrected chi connectivity index (χ2v) is 12.9. The number of thiazole rings is 1. The van der Waals surface area contributed by atoms with Crippen LogP contribution in [0.5, 0.6) is 5.75 Å². The van der Waals surface area contributed by atoms with Crippen LogP contribution in [0, 0.1) is 6.92 Å². The minimum atomic E-state index is -0.473. The molecule has 3 amide bonds. The number of benzene rings is 4. The van der Waals surface area contributed by atoms with E-state index in [1.807, 2.05) is 98.9 Å². The van der Waals surface area contributed by atoms with Gasteiger partial charge in [0.25, 0.3) is 11.8 Å². The molecule has 8 nitrogen and oxygen atoms in total. The molecule has 0 saturated heterocycles. The molecule has 1 atom stereocenters. The highest BCUT2D eigenvalue weighted by atomic mass is 32.2. The largest absolute Gasteiger partial charge is 0.494 e. The van der Waals surface area contributed by atoms with Gasteiger partial charge in [0.15, 0.2) is 5.13 Å². The standard InChI is InChI=1S/C38H36N4O4S2/c1-4-34(37(45)42-38-41-33(24-47-38)27-18-20-30(21-19-27)46-5-2)48-31-13-9-12-29(23-31)39-36(44)32(22-26-16-14-25(3)15-17-26)40-35(43)28-10-7-6-8-11-28/h6-24,34H,4-5H2,1-3H3,(H,39,44)(H,40,43)(H,41,42,45)/b32-22-. The number of carbonyl (C=O) groups is 3. The van der Waals surface area contributed by atoms with Crippen LogP contribution in [0.3, 0.4) is 0 Å². The maximum absolute atomic E-state index is 13.5. The SMILES string of the molecule is CCOc1ccc(-c2csc(NC(=O)C(CC)Sc3cccc(NC(=O)/C(=C/c4ccc(C)cc4)NC(=O)c4ccccc4)c3)n2)cc1. The van der Waals surface area contributed by atoms with E-state index >= 15 is 0 Å². The fourth-order valence-electron chi connectivity index (χ4n) is 4.64. The molecule has 0 fully saturated rings. The monoisotopic (exact) mass is 676 g/mol. The molecule has 5 aromatic rings. The normalized spacial score (nSPS) is 11.8. The lowest BCUT2D eigenvalue weighted by atomic mass is 10.1. The minimum Gasteiger partial charge on any atom is -0.494 e. The number of carbonyl (C=O) groups excluding carboxylic acids is 3. The van der Waals surface area contributed by atoms with E-state index in [4.69, 9.17) is 4.74 Å². The number of thioether (sulfide) groups is 1. The summed E-state index contributed by atoms with van der Waals surface area (Å²) >= 11 is 2.77. The quantitative estimate of drug-likeness (QED) is 0.0853. The molecule has 0 aliphatic rings. The number of ether oxygens (including phenoxy) is 1. The van der Waals surface area contributed by atoms with Gasteiger partial charge in [0.2, 0.25) is 5.91 Å². The number of anilines is 2. The molecule has 0 aliphatic heterocycles. The summed E-state index contributed by atoms with van der Waals surface area (Å²) in [6, 6.07) is 31.4. The van der Waals surface area contributed by atoms with Crippen LogP contribution in [0.4, 0.5) is 10.8 Å². The fourth-order valence-corrected chi connectivity index (χ4v) is 6.38. The van der Waals surface area contributed by atoms with Crippen molar-refractivity contribution in [2.24, 2.45) is 0 Å². The predicted molar refractivity (Wildman–Crippen MR) is 195 cm³/mol. The molecule has 0 saturated carbocycles. The second-order valence-electron chi connectivity index (χ2n) is 10.8. The Morgan fingerprint density at radius 2 is 1.65 bits per heavy atom. The lowest BCUT2D eigenvalue weighted by molar-refractivity contribution is -0.116. The third-order valence-corrected chi connectivity index (χ3v) is 9.26. The molecule has 1 unspecified atom stereocenters. The molecule has 5 rings (SSSR count). The smallest absolute Gasteiger partial charge is 0.272 e. The zero-order chi connectivity index (χ0) is 33.9. The average Bonchev–Trinajstić information content (AvgIpc) is 3.57. The second kappa shape index (κ2) is 16.6. The number of aromatic nitrogens is 1. The van der Waals surface area contributed by atoms with Gasteiger partial charge < -0.3 is 20.7 Å². The Labute approximate surface area is 288 Å². The van der Waals surface area contributed by atoms with Crippen molar-refractivity contribution >= 4 is 57.7 Å². The fraction of sp³-hybridized carbons (Fsp3) is 0.158. The van der Waals surface area contributed by atoms with E-state index in [0.717, 1.165) is 33.0 Å². The lowest BCUT2D eigenvalue weighted by Crippen LogP contribution is -2.30. The first-order valence-corrected chi connectivity index (χ1v) is 17.3. The third kappa shape index (κ3) is 9.43. The zero-order valence-electron chi connectivity index (χ0n) is 26.9. The summed E-state index contributed by atoms with van der Waals surface area (Å²) < 4.78 is 5.52. The van der Waals surface area contributed by atoms with Gasteiger partial charge >= 0.3 is 0 Å². The summed E-state index contributed by atoms with van der Waals surface area (Å²) in [5.41, 5.74) is 4.64. The molecule has 1 heterocycles. The molecule has 10 heteroatoms. The minimum absolute atomic E-state index is 0.102. The van der Waals surface area contributed by atoms with Crippen LogP contribution in [0.1, 0.15) is 41.8 Å². The molecular weight excluding hydrogens is 641 g/mol. The molecule has 0 radical (unpaired) electrons. The van der Waals surface area contributed by atoms with Crippen LogP contribution in [0.15, 0.2) is 119 Å². The highest BCUT2D eigenvalue weighted by Gasteiger charge is 2.21. The first kappa shape index (κ1) is 34.2. The molecule has 0 spiro atoms. The molecule has 4 aromatic carbocycles.